The molecule has 0 radical (unpaired) electrons. The third-order valence-electron chi connectivity index (χ3n) is 2.58. The van der Waals surface area contributed by atoms with Crippen LogP contribution in [-0.4, -0.2) is 27.7 Å². The summed E-state index contributed by atoms with van der Waals surface area (Å²) in [4.78, 5) is 14.7. The lowest BCUT2D eigenvalue weighted by molar-refractivity contribution is -0.137. The number of rotatable bonds is 5. The third-order valence-corrected chi connectivity index (χ3v) is 2.58. The van der Waals surface area contributed by atoms with Gasteiger partial charge in [-0.15, -0.1) is 0 Å². The van der Waals surface area contributed by atoms with Crippen molar-refractivity contribution in [3.8, 4) is 17.0 Å². The van der Waals surface area contributed by atoms with Crippen molar-refractivity contribution in [2.75, 3.05) is 7.11 Å². The molecule has 0 atom stereocenters. The number of benzene rings is 1. The number of hydrogen-bond donors (Lipinski definition) is 1. The maximum absolute atomic E-state index is 10.5. The number of aromatic nitrogens is 2. The minimum atomic E-state index is -0.813. The van der Waals surface area contributed by atoms with E-state index in [1.807, 2.05) is 30.5 Å². The number of nitrogens with zero attached hydrogens (tertiary/aromatic N) is 2. The number of ether oxygens (including phenoxy) is 1. The van der Waals surface area contributed by atoms with Gasteiger partial charge in [-0.2, -0.15) is 0 Å². The topological polar surface area (TPSA) is 64.3 Å². The Morgan fingerprint density at radius 3 is 3.06 bits per heavy atom. The van der Waals surface area contributed by atoms with Crippen LogP contribution in [0, 0.1) is 0 Å². The molecule has 0 aliphatic carbocycles. The van der Waals surface area contributed by atoms with Gasteiger partial charge in [0.25, 0.3) is 0 Å². The first-order valence-electron chi connectivity index (χ1n) is 5.57. The second-order valence-electron chi connectivity index (χ2n) is 3.87. The molecule has 5 nitrogen and oxygen atoms in total. The van der Waals surface area contributed by atoms with Crippen LogP contribution in [0.2, 0.25) is 0 Å². The fourth-order valence-corrected chi connectivity index (χ4v) is 1.64. The predicted molar refractivity (Wildman–Crippen MR) is 66.5 cm³/mol. The number of hydrogen-bond acceptors (Lipinski definition) is 3. The summed E-state index contributed by atoms with van der Waals surface area (Å²) in [7, 11) is 1.62. The molecule has 5 heteroatoms. The van der Waals surface area contributed by atoms with Gasteiger partial charge in [0.05, 0.1) is 25.6 Å². The molecule has 1 heterocycles. The average Bonchev–Trinajstić information content (AvgIpc) is 2.85. The highest BCUT2D eigenvalue weighted by Gasteiger charge is 2.04. The molecule has 0 spiro atoms. The van der Waals surface area contributed by atoms with Crippen molar-refractivity contribution >= 4 is 5.97 Å². The van der Waals surface area contributed by atoms with E-state index in [0.717, 1.165) is 17.0 Å². The van der Waals surface area contributed by atoms with Crippen LogP contribution < -0.4 is 4.74 Å². The maximum Gasteiger partial charge on any atom is 0.305 e. The molecule has 1 aromatic carbocycles. The molecule has 0 saturated heterocycles. The van der Waals surface area contributed by atoms with Crippen LogP contribution in [0.25, 0.3) is 11.3 Å². The fraction of sp³-hybridized carbons (Fsp3) is 0.231. The number of aliphatic carboxylic acids is 1. The first-order valence-corrected chi connectivity index (χ1v) is 5.57. The van der Waals surface area contributed by atoms with E-state index in [1.54, 1.807) is 18.0 Å². The second kappa shape index (κ2) is 5.35. The molecule has 18 heavy (non-hydrogen) atoms. The summed E-state index contributed by atoms with van der Waals surface area (Å²) in [5.41, 5.74) is 1.75. The zero-order valence-electron chi connectivity index (χ0n) is 10.0. The summed E-state index contributed by atoms with van der Waals surface area (Å²) in [6.45, 7) is 0.423. The van der Waals surface area contributed by atoms with E-state index in [1.165, 1.54) is 0 Å². The van der Waals surface area contributed by atoms with Gasteiger partial charge in [0.15, 0.2) is 0 Å². The number of methoxy groups -OCH3 is 1. The standard InChI is InChI=1S/C13H14N2O3/c1-18-11-4-2-3-10(7-11)12-8-15(9-14-12)6-5-13(16)17/h2-4,7-9H,5-6H2,1H3,(H,16,17). The Balaban J connectivity index is 2.15. The number of carboxylic acid groups (broad SMARTS) is 1. The Labute approximate surface area is 105 Å². The van der Waals surface area contributed by atoms with Gasteiger partial charge < -0.3 is 14.4 Å². The Morgan fingerprint density at radius 2 is 2.33 bits per heavy atom. The van der Waals surface area contributed by atoms with E-state index in [0.29, 0.717) is 6.54 Å². The summed E-state index contributed by atoms with van der Waals surface area (Å²) in [6.07, 6.45) is 3.56. The van der Waals surface area contributed by atoms with Crippen LogP contribution in [0.4, 0.5) is 0 Å². The van der Waals surface area contributed by atoms with Gasteiger partial charge in [-0.05, 0) is 12.1 Å². The van der Waals surface area contributed by atoms with E-state index in [-0.39, 0.29) is 6.42 Å². The number of carbonyl (C=O) groups is 1. The van der Waals surface area contributed by atoms with Crippen LogP contribution in [0.3, 0.4) is 0 Å². The smallest absolute Gasteiger partial charge is 0.305 e. The normalized spacial score (nSPS) is 10.3. The van der Waals surface area contributed by atoms with Gasteiger partial charge in [0, 0.05) is 18.3 Å². The van der Waals surface area contributed by atoms with Crippen molar-refractivity contribution in [3.63, 3.8) is 0 Å². The summed E-state index contributed by atoms with van der Waals surface area (Å²) >= 11 is 0. The first kappa shape index (κ1) is 12.2. The van der Waals surface area contributed by atoms with E-state index in [9.17, 15) is 4.79 Å². The van der Waals surface area contributed by atoms with E-state index >= 15 is 0 Å². The fourth-order valence-electron chi connectivity index (χ4n) is 1.64. The monoisotopic (exact) mass is 246 g/mol. The molecule has 0 amide bonds. The average molecular weight is 246 g/mol. The van der Waals surface area contributed by atoms with Gasteiger partial charge >= 0.3 is 5.97 Å². The second-order valence-corrected chi connectivity index (χ2v) is 3.87. The molecule has 0 aliphatic rings. The predicted octanol–water partition coefficient (Wildman–Crippen LogP) is 2.03. The van der Waals surface area contributed by atoms with Crippen molar-refractivity contribution < 1.29 is 14.6 Å². The van der Waals surface area contributed by atoms with Crippen molar-refractivity contribution in [1.82, 2.24) is 9.55 Å². The van der Waals surface area contributed by atoms with E-state index in [4.69, 9.17) is 9.84 Å². The van der Waals surface area contributed by atoms with Crippen LogP contribution in [0.15, 0.2) is 36.8 Å². The molecular weight excluding hydrogens is 232 g/mol. The van der Waals surface area contributed by atoms with Crippen LogP contribution >= 0.6 is 0 Å². The largest absolute Gasteiger partial charge is 0.497 e. The summed E-state index contributed by atoms with van der Waals surface area (Å²) in [5.74, 6) is -0.0424. The zero-order chi connectivity index (χ0) is 13.0. The Hall–Kier alpha value is -2.30. The van der Waals surface area contributed by atoms with Gasteiger partial charge in [-0.1, -0.05) is 12.1 Å². The number of carboxylic acids is 1. The van der Waals surface area contributed by atoms with Crippen molar-refractivity contribution in [2.45, 2.75) is 13.0 Å². The summed E-state index contributed by atoms with van der Waals surface area (Å²) < 4.78 is 6.92. The molecule has 0 aliphatic heterocycles. The minimum absolute atomic E-state index is 0.0912. The molecule has 2 aromatic rings. The lowest BCUT2D eigenvalue weighted by Gasteiger charge is -2.01. The molecule has 0 fully saturated rings. The Kier molecular flexibility index (Phi) is 3.62. The molecule has 0 saturated carbocycles. The Morgan fingerprint density at radius 1 is 1.50 bits per heavy atom. The highest BCUT2D eigenvalue weighted by molar-refractivity contribution is 5.66. The van der Waals surface area contributed by atoms with Crippen molar-refractivity contribution in [2.24, 2.45) is 0 Å². The van der Waals surface area contributed by atoms with Crippen LogP contribution in [0.1, 0.15) is 6.42 Å². The zero-order valence-corrected chi connectivity index (χ0v) is 10.0. The molecule has 1 aromatic heterocycles. The van der Waals surface area contributed by atoms with Crippen molar-refractivity contribution in [1.29, 1.82) is 0 Å². The van der Waals surface area contributed by atoms with E-state index in [2.05, 4.69) is 4.98 Å². The summed E-state index contributed by atoms with van der Waals surface area (Å²) in [5, 5.41) is 8.62. The molecule has 2 rings (SSSR count). The van der Waals surface area contributed by atoms with E-state index < -0.39 is 5.97 Å². The van der Waals surface area contributed by atoms with Gasteiger partial charge in [0.2, 0.25) is 0 Å². The maximum atomic E-state index is 10.5. The first-order chi connectivity index (χ1) is 8.69. The molecule has 94 valence electrons. The molecular formula is C13H14N2O3. The minimum Gasteiger partial charge on any atom is -0.497 e. The lowest BCUT2D eigenvalue weighted by atomic mass is 10.1. The highest BCUT2D eigenvalue weighted by atomic mass is 16.5. The quantitative estimate of drug-likeness (QED) is 0.876. The Bertz CT molecular complexity index is 549. The summed E-state index contributed by atoms with van der Waals surface area (Å²) in [6, 6.07) is 7.59. The van der Waals surface area contributed by atoms with Gasteiger partial charge in [-0.3, -0.25) is 4.79 Å². The SMILES string of the molecule is COc1cccc(-c2cn(CCC(=O)O)cn2)c1. The van der Waals surface area contributed by atoms with Crippen LogP contribution in [-0.2, 0) is 11.3 Å². The highest BCUT2D eigenvalue weighted by Crippen LogP contribution is 2.22. The molecule has 0 unspecified atom stereocenters. The number of imidazole rings is 1. The molecule has 1 N–H and O–H groups in total. The van der Waals surface area contributed by atoms with Crippen molar-refractivity contribution in [3.05, 3.63) is 36.8 Å². The van der Waals surface area contributed by atoms with Gasteiger partial charge in [-0.25, -0.2) is 4.98 Å². The number of aryl methyl sites for hydroxylation is 1. The van der Waals surface area contributed by atoms with Crippen LogP contribution in [0.5, 0.6) is 5.75 Å². The third kappa shape index (κ3) is 2.88. The molecule has 0 bridgehead atoms. The van der Waals surface area contributed by atoms with Gasteiger partial charge in [0.1, 0.15) is 5.75 Å². The lowest BCUT2D eigenvalue weighted by Crippen LogP contribution is -2.02.